The van der Waals surface area contributed by atoms with E-state index < -0.39 is 0 Å². The normalized spacial score (nSPS) is 12.6. The Morgan fingerprint density at radius 3 is 2.31 bits per heavy atom. The summed E-state index contributed by atoms with van der Waals surface area (Å²) in [6.07, 6.45) is 4.30. The molecule has 0 aliphatic carbocycles. The van der Waals surface area contributed by atoms with Gasteiger partial charge in [0.05, 0.1) is 6.26 Å². The number of phenols is 2. The van der Waals surface area contributed by atoms with E-state index >= 15 is 0 Å². The molecule has 5 rings (SSSR count). The van der Waals surface area contributed by atoms with E-state index in [1.54, 1.807) is 48.7 Å². The number of rotatable bonds is 3. The fraction of sp³-hybridized carbons (Fsp3) is 0.0417. The molecule has 0 saturated carbocycles. The zero-order valence-corrected chi connectivity index (χ0v) is 15.3. The number of carbonyl (C=O) groups is 1. The highest BCUT2D eigenvalue weighted by Gasteiger charge is 2.25. The van der Waals surface area contributed by atoms with Crippen LogP contribution < -0.4 is 4.74 Å². The van der Waals surface area contributed by atoms with Crippen LogP contribution in [0.5, 0.6) is 17.2 Å². The summed E-state index contributed by atoms with van der Waals surface area (Å²) in [6.45, 7) is 0. The topological polar surface area (TPSA) is 79.9 Å². The molecule has 0 atom stereocenters. The number of hydrogen-bond acceptors (Lipinski definition) is 5. The Labute approximate surface area is 166 Å². The molecule has 0 bridgehead atoms. The van der Waals surface area contributed by atoms with Crippen LogP contribution in [0.1, 0.15) is 21.7 Å². The molecule has 142 valence electrons. The molecule has 3 aromatic carbocycles. The lowest BCUT2D eigenvalue weighted by Gasteiger charge is -2.11. The zero-order valence-electron chi connectivity index (χ0n) is 15.3. The summed E-state index contributed by atoms with van der Waals surface area (Å²) in [6, 6.07) is 16.5. The minimum Gasteiger partial charge on any atom is -0.508 e. The Bertz CT molecular complexity index is 1260. The zero-order chi connectivity index (χ0) is 20.0. The Morgan fingerprint density at radius 1 is 0.897 bits per heavy atom. The van der Waals surface area contributed by atoms with Gasteiger partial charge in [0.2, 0.25) is 5.78 Å². The molecule has 4 aromatic rings. The lowest BCUT2D eigenvalue weighted by atomic mass is 9.96. The molecule has 1 aliphatic rings. The maximum atomic E-state index is 13.2. The van der Waals surface area contributed by atoms with Crippen LogP contribution in [0.4, 0.5) is 0 Å². The third-order valence-electron chi connectivity index (χ3n) is 4.99. The number of benzene rings is 3. The van der Waals surface area contributed by atoms with Crippen molar-refractivity contribution in [2.24, 2.45) is 0 Å². The van der Waals surface area contributed by atoms with Crippen LogP contribution in [0, 0.1) is 0 Å². The average molecular weight is 384 g/mol. The molecule has 0 unspecified atom stereocenters. The molecule has 0 spiro atoms. The van der Waals surface area contributed by atoms with Gasteiger partial charge in [-0.05, 0) is 66.1 Å². The number of hydrogen-bond donors (Lipinski definition) is 2. The van der Waals surface area contributed by atoms with Crippen molar-refractivity contribution < 1.29 is 24.2 Å². The third-order valence-corrected chi connectivity index (χ3v) is 4.99. The Kier molecular flexibility index (Phi) is 3.88. The van der Waals surface area contributed by atoms with Crippen LogP contribution in [0.15, 0.2) is 77.4 Å². The minimum absolute atomic E-state index is 0.0854. The van der Waals surface area contributed by atoms with Gasteiger partial charge in [-0.2, -0.15) is 0 Å². The molecular formula is C24H16O5. The Morgan fingerprint density at radius 2 is 1.59 bits per heavy atom. The van der Waals surface area contributed by atoms with Crippen molar-refractivity contribution >= 4 is 16.8 Å². The maximum Gasteiger partial charge on any atom is 0.228 e. The van der Waals surface area contributed by atoms with Crippen LogP contribution in [-0.4, -0.2) is 16.0 Å². The van der Waals surface area contributed by atoms with Gasteiger partial charge in [-0.25, -0.2) is 0 Å². The molecule has 2 heterocycles. The monoisotopic (exact) mass is 384 g/mol. The Hall–Kier alpha value is -3.99. The van der Waals surface area contributed by atoms with Crippen molar-refractivity contribution in [2.45, 2.75) is 6.42 Å². The van der Waals surface area contributed by atoms with E-state index in [1.807, 2.05) is 12.1 Å². The van der Waals surface area contributed by atoms with Crippen LogP contribution in [-0.2, 0) is 6.42 Å². The fourth-order valence-electron chi connectivity index (χ4n) is 3.55. The number of carbonyl (C=O) groups excluding carboxylic acids is 1. The van der Waals surface area contributed by atoms with Crippen LogP contribution >= 0.6 is 0 Å². The second-order valence-corrected chi connectivity index (χ2v) is 6.88. The molecule has 0 amide bonds. The number of fused-ring (bicyclic) bond motifs is 2. The molecule has 1 aliphatic heterocycles. The lowest BCUT2D eigenvalue weighted by Crippen LogP contribution is -2.01. The number of allylic oxidation sites excluding steroid dienone is 1. The fourth-order valence-corrected chi connectivity index (χ4v) is 3.55. The summed E-state index contributed by atoms with van der Waals surface area (Å²) < 4.78 is 11.6. The van der Waals surface area contributed by atoms with Gasteiger partial charge < -0.3 is 19.4 Å². The first-order chi connectivity index (χ1) is 14.1. The number of furan rings is 1. The summed E-state index contributed by atoms with van der Waals surface area (Å²) in [5.74, 6) is 0.841. The average Bonchev–Trinajstić information content (AvgIpc) is 3.11. The molecule has 5 heteroatoms. The van der Waals surface area contributed by atoms with Crippen molar-refractivity contribution in [3.8, 4) is 28.4 Å². The number of ether oxygens (including phenoxy) is 1. The van der Waals surface area contributed by atoms with Gasteiger partial charge in [0.15, 0.2) is 5.76 Å². The van der Waals surface area contributed by atoms with Gasteiger partial charge in [0, 0.05) is 22.6 Å². The van der Waals surface area contributed by atoms with Crippen molar-refractivity contribution in [2.75, 3.05) is 0 Å². The summed E-state index contributed by atoms with van der Waals surface area (Å²) in [5, 5.41) is 20.0. The third kappa shape index (κ3) is 2.93. The van der Waals surface area contributed by atoms with E-state index in [-0.39, 0.29) is 23.0 Å². The lowest BCUT2D eigenvalue weighted by molar-refractivity contribution is 0.101. The highest BCUT2D eigenvalue weighted by molar-refractivity contribution is 6.16. The van der Waals surface area contributed by atoms with Crippen molar-refractivity contribution in [3.63, 3.8) is 0 Å². The quantitative estimate of drug-likeness (QED) is 0.475. The number of ketones is 1. The van der Waals surface area contributed by atoms with Gasteiger partial charge in [-0.15, -0.1) is 0 Å². The van der Waals surface area contributed by atoms with E-state index in [9.17, 15) is 15.0 Å². The first kappa shape index (κ1) is 17.1. The summed E-state index contributed by atoms with van der Waals surface area (Å²) >= 11 is 0. The SMILES string of the molecule is O=C(c1ccc(O)cc1)c1oc2cc3c(cc2c1-c1ccc(O)cc1)CC=CO3. The van der Waals surface area contributed by atoms with Crippen LogP contribution in [0.2, 0.25) is 0 Å². The van der Waals surface area contributed by atoms with Crippen LogP contribution in [0.25, 0.3) is 22.1 Å². The minimum atomic E-state index is -0.290. The van der Waals surface area contributed by atoms with E-state index in [4.69, 9.17) is 9.15 Å². The van der Waals surface area contributed by atoms with E-state index in [0.717, 1.165) is 22.9 Å². The van der Waals surface area contributed by atoms with Crippen LogP contribution in [0.3, 0.4) is 0 Å². The van der Waals surface area contributed by atoms with Gasteiger partial charge >= 0.3 is 0 Å². The predicted molar refractivity (Wildman–Crippen MR) is 108 cm³/mol. The largest absolute Gasteiger partial charge is 0.508 e. The summed E-state index contributed by atoms with van der Waals surface area (Å²) in [4.78, 5) is 13.2. The van der Waals surface area contributed by atoms with Crippen molar-refractivity contribution in [3.05, 3.63) is 89.9 Å². The van der Waals surface area contributed by atoms with E-state index in [1.165, 1.54) is 12.1 Å². The molecule has 1 aromatic heterocycles. The van der Waals surface area contributed by atoms with E-state index in [2.05, 4.69) is 0 Å². The smallest absolute Gasteiger partial charge is 0.228 e. The molecular weight excluding hydrogens is 368 g/mol. The standard InChI is InChI=1S/C24H16O5/c25-17-7-3-14(4-8-17)22-19-12-16-2-1-11-28-20(16)13-21(19)29-24(22)23(27)15-5-9-18(26)10-6-15/h1,3-13,25-26H,2H2. The highest BCUT2D eigenvalue weighted by Crippen LogP contribution is 2.40. The van der Waals surface area contributed by atoms with Gasteiger partial charge in [-0.3, -0.25) is 4.79 Å². The molecule has 0 fully saturated rings. The predicted octanol–water partition coefficient (Wildman–Crippen LogP) is 5.19. The van der Waals surface area contributed by atoms with Gasteiger partial charge in [0.1, 0.15) is 22.8 Å². The molecule has 29 heavy (non-hydrogen) atoms. The second-order valence-electron chi connectivity index (χ2n) is 6.88. The Balaban J connectivity index is 1.75. The number of aromatic hydroxyl groups is 2. The van der Waals surface area contributed by atoms with E-state index in [0.29, 0.717) is 22.5 Å². The van der Waals surface area contributed by atoms with Gasteiger partial charge in [0.25, 0.3) is 0 Å². The number of phenolic OH excluding ortho intramolecular Hbond substituents is 2. The molecule has 2 N–H and O–H groups in total. The first-order valence-corrected chi connectivity index (χ1v) is 9.14. The highest BCUT2D eigenvalue weighted by atomic mass is 16.5. The van der Waals surface area contributed by atoms with Crippen molar-refractivity contribution in [1.82, 2.24) is 0 Å². The molecule has 0 saturated heterocycles. The first-order valence-electron chi connectivity index (χ1n) is 9.14. The molecule has 0 radical (unpaired) electrons. The van der Waals surface area contributed by atoms with Crippen molar-refractivity contribution in [1.29, 1.82) is 0 Å². The van der Waals surface area contributed by atoms with Gasteiger partial charge in [-0.1, -0.05) is 12.1 Å². The molecule has 5 nitrogen and oxygen atoms in total. The maximum absolute atomic E-state index is 13.2. The second kappa shape index (κ2) is 6.56. The summed E-state index contributed by atoms with van der Waals surface area (Å²) in [7, 11) is 0. The summed E-state index contributed by atoms with van der Waals surface area (Å²) in [5.41, 5.74) is 3.38.